The summed E-state index contributed by atoms with van der Waals surface area (Å²) in [6.07, 6.45) is 0. The molecule has 2 aromatic carbocycles. The number of rotatable bonds is 4. The lowest BCUT2D eigenvalue weighted by atomic mass is 10.1. The number of carbonyl (C=O) groups excluding carboxylic acids is 1. The normalized spacial score (nSPS) is 9.85. The fourth-order valence-electron chi connectivity index (χ4n) is 1.76. The molecular weight excluding hydrogens is 258 g/mol. The number of hydrogen-bond acceptors (Lipinski definition) is 4. The van der Waals surface area contributed by atoms with Crippen LogP contribution in [0, 0.1) is 17.0 Å². The first-order valence-corrected chi connectivity index (χ1v) is 5.95. The number of para-hydroxylation sites is 2. The van der Waals surface area contributed by atoms with E-state index in [9.17, 15) is 14.9 Å². The Morgan fingerprint density at radius 2 is 1.75 bits per heavy atom. The van der Waals surface area contributed by atoms with Gasteiger partial charge in [-0.05, 0) is 24.6 Å². The second-order valence-corrected chi connectivity index (χ2v) is 4.17. The molecule has 1 amide bonds. The zero-order valence-electron chi connectivity index (χ0n) is 10.8. The number of anilines is 1. The summed E-state index contributed by atoms with van der Waals surface area (Å²) < 4.78 is 0. The van der Waals surface area contributed by atoms with Crippen LogP contribution < -0.4 is 10.9 Å². The molecule has 2 aromatic rings. The third-order valence-corrected chi connectivity index (χ3v) is 2.80. The van der Waals surface area contributed by atoms with Gasteiger partial charge < -0.3 is 0 Å². The van der Waals surface area contributed by atoms with Crippen molar-refractivity contribution in [3.8, 4) is 0 Å². The molecule has 6 heteroatoms. The van der Waals surface area contributed by atoms with E-state index in [1.807, 2.05) is 19.1 Å². The molecular formula is C14H13N3O3. The first-order chi connectivity index (χ1) is 9.59. The maximum absolute atomic E-state index is 12.0. The van der Waals surface area contributed by atoms with Crippen molar-refractivity contribution in [2.24, 2.45) is 0 Å². The van der Waals surface area contributed by atoms with Crippen molar-refractivity contribution < 1.29 is 9.72 Å². The summed E-state index contributed by atoms with van der Waals surface area (Å²) in [5.74, 6) is -0.346. The molecule has 0 aliphatic heterocycles. The molecule has 0 atom stereocenters. The van der Waals surface area contributed by atoms with E-state index in [-0.39, 0.29) is 17.3 Å². The first-order valence-electron chi connectivity index (χ1n) is 5.95. The Morgan fingerprint density at radius 1 is 1.10 bits per heavy atom. The van der Waals surface area contributed by atoms with E-state index in [2.05, 4.69) is 10.9 Å². The lowest BCUT2D eigenvalue weighted by Gasteiger charge is -2.10. The van der Waals surface area contributed by atoms with Gasteiger partial charge in [-0.2, -0.15) is 0 Å². The van der Waals surface area contributed by atoms with Crippen molar-refractivity contribution in [1.82, 2.24) is 5.43 Å². The molecule has 0 unspecified atom stereocenters. The van der Waals surface area contributed by atoms with E-state index in [0.29, 0.717) is 5.56 Å². The molecule has 0 bridgehead atoms. The minimum Gasteiger partial charge on any atom is -0.292 e. The van der Waals surface area contributed by atoms with Gasteiger partial charge in [0.25, 0.3) is 11.6 Å². The Morgan fingerprint density at radius 3 is 2.45 bits per heavy atom. The maximum Gasteiger partial charge on any atom is 0.294 e. The summed E-state index contributed by atoms with van der Waals surface area (Å²) in [6, 6.07) is 13.2. The van der Waals surface area contributed by atoms with Crippen molar-refractivity contribution in [1.29, 1.82) is 0 Å². The highest BCUT2D eigenvalue weighted by Gasteiger charge is 2.13. The summed E-state index contributed by atoms with van der Waals surface area (Å²) in [6.45, 7) is 1.82. The zero-order chi connectivity index (χ0) is 14.5. The summed E-state index contributed by atoms with van der Waals surface area (Å²) in [7, 11) is 0. The minimum atomic E-state index is -0.512. The molecule has 0 aliphatic rings. The highest BCUT2D eigenvalue weighted by atomic mass is 16.6. The van der Waals surface area contributed by atoms with Crippen LogP contribution in [-0.4, -0.2) is 10.8 Å². The largest absolute Gasteiger partial charge is 0.294 e. The van der Waals surface area contributed by atoms with E-state index >= 15 is 0 Å². The SMILES string of the molecule is Cc1ccccc1C(=O)NNc1ccccc1[N+](=O)[O-]. The molecule has 0 heterocycles. The van der Waals surface area contributed by atoms with Crippen LogP contribution >= 0.6 is 0 Å². The number of hydrogen-bond donors (Lipinski definition) is 2. The Hall–Kier alpha value is -2.89. The van der Waals surface area contributed by atoms with Crippen molar-refractivity contribution in [3.05, 3.63) is 69.8 Å². The van der Waals surface area contributed by atoms with Gasteiger partial charge in [-0.15, -0.1) is 0 Å². The van der Waals surface area contributed by atoms with Crippen LogP contribution in [0.25, 0.3) is 0 Å². The van der Waals surface area contributed by atoms with Crippen molar-refractivity contribution in [2.45, 2.75) is 6.92 Å². The monoisotopic (exact) mass is 271 g/mol. The molecule has 0 aromatic heterocycles. The van der Waals surface area contributed by atoms with E-state index < -0.39 is 4.92 Å². The van der Waals surface area contributed by atoms with E-state index in [4.69, 9.17) is 0 Å². The fourth-order valence-corrected chi connectivity index (χ4v) is 1.76. The molecule has 0 spiro atoms. The zero-order valence-corrected chi connectivity index (χ0v) is 10.8. The molecule has 20 heavy (non-hydrogen) atoms. The third kappa shape index (κ3) is 2.92. The number of benzene rings is 2. The fraction of sp³-hybridized carbons (Fsp3) is 0.0714. The van der Waals surface area contributed by atoms with Gasteiger partial charge in [-0.1, -0.05) is 30.3 Å². The number of nitro benzene ring substituents is 1. The average molecular weight is 271 g/mol. The number of carbonyl (C=O) groups is 1. The van der Waals surface area contributed by atoms with E-state index in [1.54, 1.807) is 24.3 Å². The number of hydrazine groups is 1. The van der Waals surface area contributed by atoms with E-state index in [1.165, 1.54) is 12.1 Å². The topological polar surface area (TPSA) is 84.3 Å². The van der Waals surface area contributed by atoms with Gasteiger partial charge in [0.15, 0.2) is 0 Å². The summed E-state index contributed by atoms with van der Waals surface area (Å²) in [4.78, 5) is 22.3. The molecule has 0 saturated carbocycles. The number of amides is 1. The lowest BCUT2D eigenvalue weighted by molar-refractivity contribution is -0.384. The van der Waals surface area contributed by atoms with Gasteiger partial charge in [-0.3, -0.25) is 25.8 Å². The third-order valence-electron chi connectivity index (χ3n) is 2.80. The first kappa shape index (κ1) is 13.5. The van der Waals surface area contributed by atoms with Gasteiger partial charge >= 0.3 is 0 Å². The highest BCUT2D eigenvalue weighted by molar-refractivity contribution is 5.96. The maximum atomic E-state index is 12.0. The number of nitrogens with one attached hydrogen (secondary N) is 2. The summed E-state index contributed by atoms with van der Waals surface area (Å²) >= 11 is 0. The molecule has 0 radical (unpaired) electrons. The molecule has 0 aliphatic carbocycles. The van der Waals surface area contributed by atoms with Gasteiger partial charge in [0.1, 0.15) is 5.69 Å². The van der Waals surface area contributed by atoms with Crippen LogP contribution in [0.2, 0.25) is 0 Å². The van der Waals surface area contributed by atoms with Crippen LogP contribution in [0.4, 0.5) is 11.4 Å². The highest BCUT2D eigenvalue weighted by Crippen LogP contribution is 2.22. The second-order valence-electron chi connectivity index (χ2n) is 4.17. The van der Waals surface area contributed by atoms with Crippen LogP contribution in [0.3, 0.4) is 0 Å². The minimum absolute atomic E-state index is 0.0995. The van der Waals surface area contributed by atoms with Gasteiger partial charge in [0.2, 0.25) is 0 Å². The van der Waals surface area contributed by atoms with Crippen LogP contribution in [0.5, 0.6) is 0 Å². The van der Waals surface area contributed by atoms with Crippen LogP contribution in [0.15, 0.2) is 48.5 Å². The smallest absolute Gasteiger partial charge is 0.292 e. The van der Waals surface area contributed by atoms with Gasteiger partial charge in [0.05, 0.1) is 4.92 Å². The molecule has 2 N–H and O–H groups in total. The molecule has 0 saturated heterocycles. The Labute approximate surface area is 115 Å². The van der Waals surface area contributed by atoms with Crippen LogP contribution in [0.1, 0.15) is 15.9 Å². The average Bonchev–Trinajstić information content (AvgIpc) is 2.45. The summed E-state index contributed by atoms with van der Waals surface area (Å²) in [5.41, 5.74) is 6.51. The number of nitro groups is 1. The molecule has 6 nitrogen and oxygen atoms in total. The standard InChI is InChI=1S/C14H13N3O3/c1-10-6-2-3-7-11(10)14(18)16-15-12-8-4-5-9-13(12)17(19)20/h2-9,15H,1H3,(H,16,18). The second kappa shape index (κ2) is 5.83. The predicted octanol–water partition coefficient (Wildman–Crippen LogP) is 2.66. The van der Waals surface area contributed by atoms with E-state index in [0.717, 1.165) is 5.56 Å². The quantitative estimate of drug-likeness (QED) is 0.661. The summed E-state index contributed by atoms with van der Waals surface area (Å²) in [5, 5.41) is 10.8. The van der Waals surface area contributed by atoms with Crippen molar-refractivity contribution in [3.63, 3.8) is 0 Å². The lowest BCUT2D eigenvalue weighted by Crippen LogP contribution is -2.30. The Kier molecular flexibility index (Phi) is 3.95. The predicted molar refractivity (Wildman–Crippen MR) is 75.4 cm³/mol. The molecule has 102 valence electrons. The number of nitrogens with zero attached hydrogens (tertiary/aromatic N) is 1. The van der Waals surface area contributed by atoms with Crippen molar-refractivity contribution >= 4 is 17.3 Å². The van der Waals surface area contributed by atoms with Gasteiger partial charge in [-0.25, -0.2) is 0 Å². The Bertz CT molecular complexity index is 656. The number of aryl methyl sites for hydroxylation is 1. The van der Waals surface area contributed by atoms with Gasteiger partial charge in [0, 0.05) is 11.6 Å². The van der Waals surface area contributed by atoms with Crippen LogP contribution in [-0.2, 0) is 0 Å². The molecule has 0 fully saturated rings. The Balaban J connectivity index is 2.12. The molecule has 2 rings (SSSR count). The van der Waals surface area contributed by atoms with Crippen molar-refractivity contribution in [2.75, 3.05) is 5.43 Å².